The van der Waals surface area contributed by atoms with Gasteiger partial charge in [-0.1, -0.05) is 97.1 Å². The summed E-state index contributed by atoms with van der Waals surface area (Å²) in [6.45, 7) is 0. The van der Waals surface area contributed by atoms with E-state index in [0.717, 1.165) is 0 Å². The highest BCUT2D eigenvalue weighted by atomic mass is 16.4. The first-order valence-electron chi connectivity index (χ1n) is 10.7. The van der Waals surface area contributed by atoms with Crippen molar-refractivity contribution in [2.75, 3.05) is 0 Å². The summed E-state index contributed by atoms with van der Waals surface area (Å²) in [5.74, 6) is 0. The second kappa shape index (κ2) is 5.37. The highest BCUT2D eigenvalue weighted by molar-refractivity contribution is 5.73. The maximum atomic E-state index is 12.8. The summed E-state index contributed by atoms with van der Waals surface area (Å²) in [4.78, 5) is 0. The molecule has 0 amide bonds. The molecule has 0 atom stereocenters. The predicted octanol–water partition coefficient (Wildman–Crippen LogP) is 2.97. The van der Waals surface area contributed by atoms with E-state index < -0.39 is 22.4 Å². The molecule has 0 unspecified atom stereocenters. The molecule has 4 aromatic carbocycles. The summed E-state index contributed by atoms with van der Waals surface area (Å²) >= 11 is 0. The van der Waals surface area contributed by atoms with Crippen LogP contribution in [-0.2, 0) is 22.4 Å². The number of rotatable bonds is 0. The number of hydrogen-bond donors (Lipinski definition) is 4. The predicted molar refractivity (Wildman–Crippen MR) is 118 cm³/mol. The SMILES string of the molecule is OC12c3ccccc3C3(O)c4ccccc4C1(O)c1ccccc1C3(O)c1ccccc12. The van der Waals surface area contributed by atoms with Crippen LogP contribution in [0.3, 0.4) is 0 Å². The highest BCUT2D eigenvalue weighted by Crippen LogP contribution is 2.69. The summed E-state index contributed by atoms with van der Waals surface area (Å²) < 4.78 is 0. The van der Waals surface area contributed by atoms with Crippen molar-refractivity contribution in [3.8, 4) is 0 Å². The van der Waals surface area contributed by atoms with Crippen LogP contribution in [0.15, 0.2) is 97.1 Å². The van der Waals surface area contributed by atoms with Crippen molar-refractivity contribution in [3.63, 3.8) is 0 Å². The van der Waals surface area contributed by atoms with E-state index in [9.17, 15) is 20.4 Å². The minimum atomic E-state index is -1.96. The van der Waals surface area contributed by atoms with Gasteiger partial charge in [0, 0.05) is 0 Å². The fourth-order valence-corrected chi connectivity index (χ4v) is 6.60. The van der Waals surface area contributed by atoms with Gasteiger partial charge in [0.25, 0.3) is 0 Å². The summed E-state index contributed by atoms with van der Waals surface area (Å²) in [6.07, 6.45) is 0. The maximum absolute atomic E-state index is 12.8. The molecular formula is C28H20O4. The molecule has 0 aliphatic heterocycles. The monoisotopic (exact) mass is 420 g/mol. The van der Waals surface area contributed by atoms with Crippen LogP contribution in [0, 0.1) is 0 Å². The zero-order chi connectivity index (χ0) is 21.9. The van der Waals surface area contributed by atoms with Gasteiger partial charge >= 0.3 is 0 Å². The minimum Gasteiger partial charge on any atom is -0.377 e. The molecule has 4 nitrogen and oxygen atoms in total. The Morgan fingerprint density at radius 1 is 0.281 bits per heavy atom. The van der Waals surface area contributed by atoms with Gasteiger partial charge in [-0.25, -0.2) is 0 Å². The van der Waals surface area contributed by atoms with E-state index in [-0.39, 0.29) is 0 Å². The second-order valence-electron chi connectivity index (χ2n) is 9.02. The molecule has 156 valence electrons. The van der Waals surface area contributed by atoms with Crippen molar-refractivity contribution < 1.29 is 20.4 Å². The molecule has 4 bridgehead atoms. The summed E-state index contributed by atoms with van der Waals surface area (Å²) in [7, 11) is 0. The lowest BCUT2D eigenvalue weighted by atomic mass is 9.66. The first-order chi connectivity index (χ1) is 15.4. The van der Waals surface area contributed by atoms with Crippen molar-refractivity contribution in [2.24, 2.45) is 0 Å². The van der Waals surface area contributed by atoms with Crippen LogP contribution in [0.4, 0.5) is 0 Å². The van der Waals surface area contributed by atoms with E-state index in [2.05, 4.69) is 0 Å². The Morgan fingerprint density at radius 3 is 0.531 bits per heavy atom. The van der Waals surface area contributed by atoms with Crippen LogP contribution in [0.25, 0.3) is 0 Å². The zero-order valence-corrected chi connectivity index (χ0v) is 17.0. The Balaban J connectivity index is 1.90. The number of hydrogen-bond acceptors (Lipinski definition) is 4. The minimum absolute atomic E-state index is 0.374. The van der Waals surface area contributed by atoms with Crippen LogP contribution in [0.1, 0.15) is 44.5 Å². The van der Waals surface area contributed by atoms with Crippen LogP contribution in [-0.4, -0.2) is 20.4 Å². The quantitative estimate of drug-likeness (QED) is 0.353. The lowest BCUT2D eigenvalue weighted by Crippen LogP contribution is -2.51. The van der Waals surface area contributed by atoms with E-state index in [1.54, 1.807) is 97.1 Å². The fourth-order valence-electron chi connectivity index (χ4n) is 6.60. The Kier molecular flexibility index (Phi) is 3.07. The summed E-state index contributed by atoms with van der Waals surface area (Å²) in [5, 5.41) is 51.1. The van der Waals surface area contributed by atoms with E-state index in [1.165, 1.54) is 0 Å². The van der Waals surface area contributed by atoms with Crippen molar-refractivity contribution >= 4 is 0 Å². The van der Waals surface area contributed by atoms with Crippen LogP contribution in [0.5, 0.6) is 0 Å². The molecule has 0 aromatic heterocycles. The molecule has 0 saturated carbocycles. The van der Waals surface area contributed by atoms with Crippen molar-refractivity contribution in [1.82, 2.24) is 0 Å². The van der Waals surface area contributed by atoms with Gasteiger partial charge in [-0.15, -0.1) is 0 Å². The second-order valence-corrected chi connectivity index (χ2v) is 9.02. The average Bonchev–Trinajstić information content (AvgIpc) is 3.01. The maximum Gasteiger partial charge on any atom is 0.152 e. The van der Waals surface area contributed by atoms with E-state index in [4.69, 9.17) is 0 Å². The Bertz CT molecular complexity index is 1140. The Morgan fingerprint density at radius 2 is 0.406 bits per heavy atom. The molecule has 0 spiro atoms. The molecule has 0 heterocycles. The van der Waals surface area contributed by atoms with Gasteiger partial charge in [0.05, 0.1) is 0 Å². The summed E-state index contributed by atoms with van der Waals surface area (Å²) in [6, 6.07) is 28.1. The molecule has 32 heavy (non-hydrogen) atoms. The molecule has 4 aliphatic carbocycles. The highest BCUT2D eigenvalue weighted by Gasteiger charge is 2.73. The third kappa shape index (κ3) is 1.55. The standard InChI is InChI=1S/C28H20O4/c29-25-17-9-1-2-10-18(17)26(30)21-13-5-6-14-22(21)27(25,31)23-15-7-8-16-24(23)28(26,32)20-12-4-3-11-19(20)25/h1-16,29-32H. The normalized spacial score (nSPS) is 32.9. The smallest absolute Gasteiger partial charge is 0.152 e. The lowest BCUT2D eigenvalue weighted by molar-refractivity contribution is -0.112. The lowest BCUT2D eigenvalue weighted by Gasteiger charge is -2.44. The Hall–Kier alpha value is -3.28. The van der Waals surface area contributed by atoms with Gasteiger partial charge in [0.15, 0.2) is 22.4 Å². The van der Waals surface area contributed by atoms with Crippen LogP contribution in [0.2, 0.25) is 0 Å². The van der Waals surface area contributed by atoms with Gasteiger partial charge in [-0.3, -0.25) is 0 Å². The number of aliphatic hydroxyl groups is 4. The molecule has 4 aromatic rings. The van der Waals surface area contributed by atoms with Crippen LogP contribution < -0.4 is 0 Å². The first-order valence-corrected chi connectivity index (χ1v) is 10.7. The fraction of sp³-hybridized carbons (Fsp3) is 0.143. The molecular weight excluding hydrogens is 400 g/mol. The van der Waals surface area contributed by atoms with Gasteiger partial charge < -0.3 is 20.4 Å². The molecule has 8 rings (SSSR count). The molecule has 0 radical (unpaired) electrons. The molecule has 0 saturated heterocycles. The van der Waals surface area contributed by atoms with E-state index in [1.807, 2.05) is 0 Å². The molecule has 4 N–H and O–H groups in total. The van der Waals surface area contributed by atoms with Gasteiger partial charge in [-0.2, -0.15) is 0 Å². The van der Waals surface area contributed by atoms with Gasteiger partial charge in [0.2, 0.25) is 0 Å². The van der Waals surface area contributed by atoms with Crippen molar-refractivity contribution in [3.05, 3.63) is 142 Å². The molecule has 4 heteroatoms. The molecule has 0 fully saturated rings. The van der Waals surface area contributed by atoms with E-state index in [0.29, 0.717) is 44.5 Å². The Labute approximate surface area is 184 Å². The molecule has 4 aliphatic rings. The van der Waals surface area contributed by atoms with E-state index >= 15 is 0 Å². The number of benzene rings is 4. The van der Waals surface area contributed by atoms with Crippen LogP contribution >= 0.6 is 0 Å². The van der Waals surface area contributed by atoms with Gasteiger partial charge in [0.1, 0.15) is 0 Å². The zero-order valence-electron chi connectivity index (χ0n) is 17.0. The summed E-state index contributed by atoms with van der Waals surface area (Å²) in [5.41, 5.74) is -4.85. The van der Waals surface area contributed by atoms with Gasteiger partial charge in [-0.05, 0) is 44.5 Å². The third-order valence-electron chi connectivity index (χ3n) is 7.87. The largest absolute Gasteiger partial charge is 0.377 e. The average molecular weight is 420 g/mol. The van der Waals surface area contributed by atoms with Crippen molar-refractivity contribution in [2.45, 2.75) is 22.4 Å². The first kappa shape index (κ1) is 18.3. The topological polar surface area (TPSA) is 80.9 Å². The third-order valence-corrected chi connectivity index (χ3v) is 7.87. The van der Waals surface area contributed by atoms with Crippen molar-refractivity contribution in [1.29, 1.82) is 0 Å².